The molecule has 3 aromatic carbocycles. The number of ether oxygens (including phenoxy) is 1. The molecule has 35 heavy (non-hydrogen) atoms. The van der Waals surface area contributed by atoms with Gasteiger partial charge in [-0.05, 0) is 71.2 Å². The number of imide groups is 1. The minimum atomic E-state index is -0.458. The Morgan fingerprint density at radius 1 is 1.00 bits per heavy atom. The van der Waals surface area contributed by atoms with Crippen molar-refractivity contribution in [2.45, 2.75) is 20.4 Å². The van der Waals surface area contributed by atoms with E-state index in [1.165, 1.54) is 4.90 Å². The van der Waals surface area contributed by atoms with Crippen molar-refractivity contribution in [2.75, 3.05) is 11.9 Å². The lowest BCUT2D eigenvalue weighted by atomic mass is 10.1. The highest BCUT2D eigenvalue weighted by atomic mass is 79.9. The second kappa shape index (κ2) is 10.6. The summed E-state index contributed by atoms with van der Waals surface area (Å²) in [5.41, 5.74) is 4.67. The normalized spacial score (nSPS) is 14.3. The molecule has 1 aliphatic rings. The van der Waals surface area contributed by atoms with Gasteiger partial charge in [0.2, 0.25) is 0 Å². The van der Waals surface area contributed by atoms with E-state index in [1.54, 1.807) is 24.3 Å². The van der Waals surface area contributed by atoms with E-state index in [0.717, 1.165) is 16.7 Å². The van der Waals surface area contributed by atoms with Gasteiger partial charge in [0.1, 0.15) is 11.4 Å². The molecular weight excluding hydrogens is 510 g/mol. The average Bonchev–Trinajstić information content (AvgIpc) is 3.08. The van der Waals surface area contributed by atoms with E-state index >= 15 is 0 Å². The smallest absolute Gasteiger partial charge is 0.329 e. The van der Waals surface area contributed by atoms with Crippen LogP contribution in [0.4, 0.5) is 10.5 Å². The van der Waals surface area contributed by atoms with Crippen LogP contribution in [0.3, 0.4) is 0 Å². The first-order valence-corrected chi connectivity index (χ1v) is 11.8. The van der Waals surface area contributed by atoms with E-state index in [4.69, 9.17) is 4.74 Å². The Labute approximate surface area is 211 Å². The maximum atomic E-state index is 12.8. The van der Waals surface area contributed by atoms with Crippen molar-refractivity contribution in [1.82, 2.24) is 10.2 Å². The third kappa shape index (κ3) is 6.16. The fraction of sp³-hybridized carbons (Fsp3) is 0.148. The Bertz CT molecular complexity index is 1300. The molecule has 0 saturated carbocycles. The van der Waals surface area contributed by atoms with Crippen LogP contribution in [0.1, 0.15) is 22.3 Å². The number of nitrogens with zero attached hydrogens (tertiary/aromatic N) is 1. The fourth-order valence-electron chi connectivity index (χ4n) is 3.46. The molecule has 8 heteroatoms. The summed E-state index contributed by atoms with van der Waals surface area (Å²) in [6.07, 6.45) is 1.61. The molecule has 4 rings (SSSR count). The number of carbonyl (C=O) groups excluding carboxylic acids is 3. The zero-order valence-corrected chi connectivity index (χ0v) is 20.9. The molecule has 1 fully saturated rings. The Balaban J connectivity index is 1.37. The maximum absolute atomic E-state index is 12.8. The first kappa shape index (κ1) is 24.2. The molecule has 3 aromatic rings. The van der Waals surface area contributed by atoms with E-state index in [1.807, 2.05) is 62.4 Å². The van der Waals surface area contributed by atoms with Crippen LogP contribution in [0.2, 0.25) is 0 Å². The first-order chi connectivity index (χ1) is 16.8. The van der Waals surface area contributed by atoms with Gasteiger partial charge in [0.15, 0.2) is 6.61 Å². The van der Waals surface area contributed by atoms with Gasteiger partial charge >= 0.3 is 6.03 Å². The van der Waals surface area contributed by atoms with Crippen molar-refractivity contribution in [3.05, 3.63) is 99.2 Å². The third-order valence-electron chi connectivity index (χ3n) is 5.38. The number of aryl methyl sites for hydroxylation is 2. The summed E-state index contributed by atoms with van der Waals surface area (Å²) >= 11 is 3.44. The van der Waals surface area contributed by atoms with E-state index in [2.05, 4.69) is 26.6 Å². The topological polar surface area (TPSA) is 87.7 Å². The highest BCUT2D eigenvalue weighted by Gasteiger charge is 2.33. The molecule has 0 unspecified atom stereocenters. The van der Waals surface area contributed by atoms with Crippen molar-refractivity contribution in [3.8, 4) is 5.75 Å². The Morgan fingerprint density at radius 3 is 2.31 bits per heavy atom. The lowest BCUT2D eigenvalue weighted by Gasteiger charge is -2.12. The van der Waals surface area contributed by atoms with Crippen molar-refractivity contribution >= 4 is 45.5 Å². The monoisotopic (exact) mass is 533 g/mol. The number of hydrogen-bond acceptors (Lipinski definition) is 4. The number of urea groups is 1. The van der Waals surface area contributed by atoms with Gasteiger partial charge in [-0.2, -0.15) is 0 Å². The molecular formula is C27H24BrN3O4. The summed E-state index contributed by atoms with van der Waals surface area (Å²) in [4.78, 5) is 38.5. The van der Waals surface area contributed by atoms with Crippen molar-refractivity contribution in [1.29, 1.82) is 0 Å². The molecule has 2 N–H and O–H groups in total. The Hall–Kier alpha value is -3.91. The molecule has 7 nitrogen and oxygen atoms in total. The van der Waals surface area contributed by atoms with Crippen molar-refractivity contribution in [3.63, 3.8) is 0 Å². The molecule has 1 heterocycles. The van der Waals surface area contributed by atoms with Gasteiger partial charge in [0, 0.05) is 5.69 Å². The minimum Gasteiger partial charge on any atom is -0.483 e. The highest BCUT2D eigenvalue weighted by molar-refractivity contribution is 9.10. The van der Waals surface area contributed by atoms with Crippen LogP contribution >= 0.6 is 15.9 Å². The summed E-state index contributed by atoms with van der Waals surface area (Å²) in [5, 5.41) is 5.41. The number of carbonyl (C=O) groups is 3. The van der Waals surface area contributed by atoms with Crippen LogP contribution in [0, 0.1) is 13.8 Å². The summed E-state index contributed by atoms with van der Waals surface area (Å²) in [5.74, 6) is -0.186. The van der Waals surface area contributed by atoms with E-state index in [0.29, 0.717) is 21.5 Å². The van der Waals surface area contributed by atoms with Gasteiger partial charge in [-0.3, -0.25) is 14.5 Å². The minimum absolute atomic E-state index is 0.157. The number of rotatable bonds is 7. The number of halogens is 1. The van der Waals surface area contributed by atoms with E-state index < -0.39 is 6.03 Å². The molecule has 1 aliphatic heterocycles. The van der Waals surface area contributed by atoms with Crippen LogP contribution in [-0.2, 0) is 16.1 Å². The van der Waals surface area contributed by atoms with Crippen molar-refractivity contribution in [2.24, 2.45) is 0 Å². The summed E-state index contributed by atoms with van der Waals surface area (Å²) in [7, 11) is 0. The number of amides is 4. The maximum Gasteiger partial charge on any atom is 0.329 e. The van der Waals surface area contributed by atoms with Crippen LogP contribution in [0.15, 0.2) is 76.9 Å². The quantitative estimate of drug-likeness (QED) is 0.323. The lowest BCUT2D eigenvalue weighted by molar-refractivity contribution is -0.123. The van der Waals surface area contributed by atoms with Gasteiger partial charge in [0.05, 0.1) is 11.0 Å². The summed E-state index contributed by atoms with van der Waals surface area (Å²) in [6, 6.07) is 19.9. The molecule has 0 radical (unpaired) electrons. The first-order valence-electron chi connectivity index (χ1n) is 11.0. The van der Waals surface area contributed by atoms with Gasteiger partial charge in [0.25, 0.3) is 11.8 Å². The molecule has 0 spiro atoms. The van der Waals surface area contributed by atoms with Crippen molar-refractivity contribution < 1.29 is 19.1 Å². The van der Waals surface area contributed by atoms with Gasteiger partial charge in [-0.15, -0.1) is 0 Å². The zero-order valence-electron chi connectivity index (χ0n) is 19.3. The number of benzene rings is 3. The Kier molecular flexibility index (Phi) is 7.31. The van der Waals surface area contributed by atoms with Crippen LogP contribution in [0.5, 0.6) is 5.75 Å². The third-order valence-corrected chi connectivity index (χ3v) is 6.00. The van der Waals surface area contributed by atoms with Gasteiger partial charge in [-0.1, -0.05) is 53.6 Å². The molecule has 0 bridgehead atoms. The summed E-state index contributed by atoms with van der Waals surface area (Å²) < 4.78 is 6.24. The molecule has 178 valence electrons. The second-order valence-corrected chi connectivity index (χ2v) is 9.11. The van der Waals surface area contributed by atoms with Crippen LogP contribution in [0.25, 0.3) is 6.08 Å². The number of anilines is 1. The van der Waals surface area contributed by atoms with Gasteiger partial charge < -0.3 is 15.4 Å². The SMILES string of the molecule is Cc1ccc(CN2C(=O)N/C(=C/c3ccc(OCC(=O)Nc4ccc(C)cc4)c(Br)c3)C2=O)cc1. The standard InChI is InChI=1S/C27H24BrN3O4/c1-17-3-7-19(8-4-17)15-31-26(33)23(30-27(31)34)14-20-9-12-24(22(28)13-20)35-16-25(32)29-21-10-5-18(2)6-11-21/h3-14H,15-16H2,1-2H3,(H,29,32)(H,30,34)/b23-14+. The number of nitrogens with one attached hydrogen (secondary N) is 2. The molecule has 1 saturated heterocycles. The predicted molar refractivity (Wildman–Crippen MR) is 138 cm³/mol. The van der Waals surface area contributed by atoms with Crippen LogP contribution < -0.4 is 15.4 Å². The zero-order chi connectivity index (χ0) is 24.9. The predicted octanol–water partition coefficient (Wildman–Crippen LogP) is 5.18. The van der Waals surface area contributed by atoms with Crippen LogP contribution in [-0.4, -0.2) is 29.4 Å². The largest absolute Gasteiger partial charge is 0.483 e. The van der Waals surface area contributed by atoms with Gasteiger partial charge in [-0.25, -0.2) is 4.79 Å². The fourth-order valence-corrected chi connectivity index (χ4v) is 3.97. The Morgan fingerprint density at radius 2 is 1.66 bits per heavy atom. The summed E-state index contributed by atoms with van der Waals surface area (Å²) in [6.45, 7) is 4.00. The lowest BCUT2D eigenvalue weighted by Crippen LogP contribution is -2.30. The average molecular weight is 534 g/mol. The molecule has 0 atom stereocenters. The van der Waals surface area contributed by atoms with E-state index in [-0.39, 0.29) is 30.7 Å². The molecule has 0 aliphatic carbocycles. The molecule has 0 aromatic heterocycles. The highest BCUT2D eigenvalue weighted by Crippen LogP contribution is 2.27. The second-order valence-electron chi connectivity index (χ2n) is 8.26. The number of hydrogen-bond donors (Lipinski definition) is 2. The molecule has 4 amide bonds. The van der Waals surface area contributed by atoms with E-state index in [9.17, 15) is 14.4 Å².